The van der Waals surface area contributed by atoms with Crippen molar-refractivity contribution in [3.63, 3.8) is 0 Å². The molecule has 0 saturated heterocycles. The Morgan fingerprint density at radius 2 is 2.21 bits per heavy atom. The smallest absolute Gasteiger partial charge is 0.314 e. The van der Waals surface area contributed by atoms with Crippen LogP contribution in [0.4, 0.5) is 0 Å². The molecule has 98 valence electrons. The molecule has 6 nitrogen and oxygen atoms in total. The van der Waals surface area contributed by atoms with Crippen molar-refractivity contribution in [3.8, 4) is 17.1 Å². The van der Waals surface area contributed by atoms with Gasteiger partial charge in [0.15, 0.2) is 5.82 Å². The average molecular weight is 259 g/mol. The number of aromatic nitrogens is 3. The van der Waals surface area contributed by atoms with Crippen LogP contribution in [0.5, 0.6) is 5.75 Å². The molecule has 6 heteroatoms. The third-order valence-electron chi connectivity index (χ3n) is 3.37. The lowest BCUT2D eigenvalue weighted by Gasteiger charge is -2.20. The van der Waals surface area contributed by atoms with Crippen LogP contribution in [0.15, 0.2) is 24.3 Å². The number of rotatable bonds is 2. The summed E-state index contributed by atoms with van der Waals surface area (Å²) in [4.78, 5) is 11.2. The fourth-order valence-electron chi connectivity index (χ4n) is 2.47. The van der Waals surface area contributed by atoms with Crippen molar-refractivity contribution in [1.82, 2.24) is 14.8 Å². The first-order valence-corrected chi connectivity index (χ1v) is 6.12. The maximum atomic E-state index is 11.2. The first-order chi connectivity index (χ1) is 9.16. The molecular formula is C13H13N3O3. The minimum Gasteiger partial charge on any atom is -0.508 e. The molecule has 1 aromatic heterocycles. The number of hydrogen-bond acceptors (Lipinski definition) is 4. The predicted octanol–water partition coefficient (Wildman–Crippen LogP) is 1.61. The van der Waals surface area contributed by atoms with Gasteiger partial charge in [0.25, 0.3) is 0 Å². The fraction of sp³-hybridized carbons (Fsp3) is 0.308. The molecular weight excluding hydrogens is 246 g/mol. The van der Waals surface area contributed by atoms with Gasteiger partial charge in [-0.05, 0) is 25.0 Å². The topological polar surface area (TPSA) is 88.2 Å². The highest BCUT2D eigenvalue weighted by Gasteiger charge is 2.30. The lowest BCUT2D eigenvalue weighted by molar-refractivity contribution is -0.139. The number of aliphatic carboxylic acids is 1. The van der Waals surface area contributed by atoms with Gasteiger partial charge in [0, 0.05) is 12.1 Å². The molecule has 3 rings (SSSR count). The molecule has 0 aliphatic carbocycles. The Morgan fingerprint density at radius 1 is 1.37 bits per heavy atom. The number of nitrogens with zero attached hydrogens (tertiary/aromatic N) is 3. The molecule has 1 unspecified atom stereocenters. The molecule has 0 radical (unpaired) electrons. The number of phenolic OH excluding ortho intramolecular Hbond substituents is 1. The van der Waals surface area contributed by atoms with Gasteiger partial charge in [-0.25, -0.2) is 0 Å². The number of carbonyl (C=O) groups is 1. The highest BCUT2D eigenvalue weighted by molar-refractivity contribution is 5.75. The molecule has 2 aromatic rings. The second kappa shape index (κ2) is 4.38. The first-order valence-electron chi connectivity index (χ1n) is 6.12. The minimum atomic E-state index is -0.865. The van der Waals surface area contributed by atoms with E-state index in [0.717, 1.165) is 12.0 Å². The molecule has 0 spiro atoms. The van der Waals surface area contributed by atoms with E-state index in [4.69, 9.17) is 0 Å². The summed E-state index contributed by atoms with van der Waals surface area (Å²) in [6.07, 6.45) is 1.38. The highest BCUT2D eigenvalue weighted by Crippen LogP contribution is 2.31. The van der Waals surface area contributed by atoms with E-state index in [9.17, 15) is 15.0 Å². The summed E-state index contributed by atoms with van der Waals surface area (Å²) >= 11 is 0. The predicted molar refractivity (Wildman–Crippen MR) is 66.7 cm³/mol. The van der Waals surface area contributed by atoms with E-state index in [1.54, 1.807) is 18.2 Å². The van der Waals surface area contributed by atoms with Gasteiger partial charge in [-0.1, -0.05) is 12.1 Å². The summed E-state index contributed by atoms with van der Waals surface area (Å²) in [6.45, 7) is 0.705. The van der Waals surface area contributed by atoms with Crippen molar-refractivity contribution >= 4 is 5.97 Å². The van der Waals surface area contributed by atoms with Gasteiger partial charge in [0.2, 0.25) is 0 Å². The average Bonchev–Trinajstić information content (AvgIpc) is 2.82. The van der Waals surface area contributed by atoms with Gasteiger partial charge in [-0.15, -0.1) is 10.2 Å². The molecule has 0 bridgehead atoms. The number of aromatic hydroxyl groups is 1. The lowest BCUT2D eigenvalue weighted by Crippen LogP contribution is -2.22. The number of fused-ring (bicyclic) bond motifs is 1. The first kappa shape index (κ1) is 11.7. The van der Waals surface area contributed by atoms with E-state index in [0.29, 0.717) is 24.6 Å². The van der Waals surface area contributed by atoms with Gasteiger partial charge < -0.3 is 14.8 Å². The van der Waals surface area contributed by atoms with E-state index in [1.165, 1.54) is 0 Å². The second-order valence-corrected chi connectivity index (χ2v) is 4.62. The molecule has 0 amide bonds. The van der Waals surface area contributed by atoms with Gasteiger partial charge >= 0.3 is 5.97 Å². The van der Waals surface area contributed by atoms with Gasteiger partial charge in [-0.2, -0.15) is 0 Å². The molecule has 2 N–H and O–H groups in total. The lowest BCUT2D eigenvalue weighted by atomic mass is 9.99. The van der Waals surface area contributed by atoms with Gasteiger partial charge in [0.1, 0.15) is 17.5 Å². The molecule has 0 fully saturated rings. The Hall–Kier alpha value is -2.37. The molecule has 0 saturated carbocycles. The zero-order valence-corrected chi connectivity index (χ0v) is 10.2. The van der Waals surface area contributed by atoms with E-state index in [2.05, 4.69) is 10.2 Å². The van der Waals surface area contributed by atoms with Crippen LogP contribution in [-0.2, 0) is 11.3 Å². The van der Waals surface area contributed by atoms with Crippen LogP contribution in [0.25, 0.3) is 11.4 Å². The van der Waals surface area contributed by atoms with E-state index < -0.39 is 11.9 Å². The van der Waals surface area contributed by atoms with Crippen LogP contribution in [0.1, 0.15) is 24.6 Å². The Balaban J connectivity index is 2.08. The minimum absolute atomic E-state index is 0.153. The monoisotopic (exact) mass is 259 g/mol. The summed E-state index contributed by atoms with van der Waals surface area (Å²) in [5.41, 5.74) is 0.741. The van der Waals surface area contributed by atoms with Crippen LogP contribution < -0.4 is 0 Å². The fourth-order valence-corrected chi connectivity index (χ4v) is 2.47. The van der Waals surface area contributed by atoms with Crippen molar-refractivity contribution in [2.24, 2.45) is 0 Å². The standard InChI is InChI=1S/C13H13N3O3/c17-9-4-1-3-8(7-9)11-14-15-12-10(13(18)19)5-2-6-16(11)12/h1,3-4,7,10,17H,2,5-6H2,(H,18,19). The highest BCUT2D eigenvalue weighted by atomic mass is 16.4. The zero-order chi connectivity index (χ0) is 13.4. The van der Waals surface area contributed by atoms with Crippen molar-refractivity contribution in [1.29, 1.82) is 0 Å². The zero-order valence-electron chi connectivity index (χ0n) is 10.2. The van der Waals surface area contributed by atoms with Gasteiger partial charge in [0.05, 0.1) is 0 Å². The maximum absolute atomic E-state index is 11.2. The second-order valence-electron chi connectivity index (χ2n) is 4.62. The van der Waals surface area contributed by atoms with Crippen molar-refractivity contribution in [3.05, 3.63) is 30.1 Å². The number of phenols is 1. The summed E-state index contributed by atoms with van der Waals surface area (Å²) in [7, 11) is 0. The normalized spacial score (nSPS) is 18.0. The van der Waals surface area contributed by atoms with Crippen LogP contribution in [0.2, 0.25) is 0 Å². The maximum Gasteiger partial charge on any atom is 0.314 e. The van der Waals surface area contributed by atoms with E-state index in [1.807, 2.05) is 10.6 Å². The molecule has 1 aliphatic heterocycles. The largest absolute Gasteiger partial charge is 0.508 e. The molecule has 19 heavy (non-hydrogen) atoms. The third-order valence-corrected chi connectivity index (χ3v) is 3.37. The van der Waals surface area contributed by atoms with Crippen LogP contribution in [-0.4, -0.2) is 30.9 Å². The van der Waals surface area contributed by atoms with Crippen LogP contribution >= 0.6 is 0 Å². The number of carboxylic acids is 1. The SMILES string of the molecule is O=C(O)C1CCCn2c(-c3cccc(O)c3)nnc21. The Labute approximate surface area is 109 Å². The summed E-state index contributed by atoms with van der Waals surface area (Å²) in [5, 5.41) is 26.8. The van der Waals surface area contributed by atoms with Crippen LogP contribution in [0.3, 0.4) is 0 Å². The van der Waals surface area contributed by atoms with E-state index in [-0.39, 0.29) is 5.75 Å². The Bertz CT molecular complexity index is 636. The number of benzene rings is 1. The van der Waals surface area contributed by atoms with Crippen LogP contribution in [0, 0.1) is 0 Å². The molecule has 1 atom stereocenters. The van der Waals surface area contributed by atoms with Crippen molar-refractivity contribution < 1.29 is 15.0 Å². The number of carboxylic acid groups (broad SMARTS) is 1. The van der Waals surface area contributed by atoms with Crippen molar-refractivity contribution in [2.45, 2.75) is 25.3 Å². The van der Waals surface area contributed by atoms with Gasteiger partial charge in [-0.3, -0.25) is 4.79 Å². The Kier molecular flexibility index (Phi) is 2.70. The molecule has 1 aliphatic rings. The Morgan fingerprint density at radius 3 is 2.95 bits per heavy atom. The summed E-state index contributed by atoms with van der Waals surface area (Å²) in [5.74, 6) is -0.197. The molecule has 1 aromatic carbocycles. The molecule has 2 heterocycles. The third kappa shape index (κ3) is 1.95. The summed E-state index contributed by atoms with van der Waals surface area (Å²) in [6, 6.07) is 6.73. The number of hydrogen-bond donors (Lipinski definition) is 2. The quantitative estimate of drug-likeness (QED) is 0.855. The summed E-state index contributed by atoms with van der Waals surface area (Å²) < 4.78 is 1.83. The van der Waals surface area contributed by atoms with Crippen molar-refractivity contribution in [2.75, 3.05) is 0 Å². The van der Waals surface area contributed by atoms with E-state index >= 15 is 0 Å².